The Balaban J connectivity index is 0.000000185. The van der Waals surface area contributed by atoms with E-state index in [0.717, 1.165) is 49.9 Å². The minimum Gasteiger partial charge on any atom is -0.501 e. The molecule has 9 rings (SSSR count). The third-order valence-corrected chi connectivity index (χ3v) is 10.3. The van der Waals surface area contributed by atoms with Crippen molar-refractivity contribution in [1.29, 1.82) is 0 Å². The van der Waals surface area contributed by atoms with E-state index < -0.39 is 12.7 Å². The molecule has 57 heavy (non-hydrogen) atoms. The molecule has 0 spiro atoms. The molecule has 0 N–H and O–H groups in total. The van der Waals surface area contributed by atoms with Gasteiger partial charge >= 0.3 is 0 Å². The number of benzene rings is 6. The van der Waals surface area contributed by atoms with Gasteiger partial charge in [-0.05, 0) is 81.9 Å². The Hall–Kier alpha value is -5.61. The SMILES string of the molecule is CC(C)c1cccc(C(C)C)c1-n1c(-c2[c-]cccc2)nc2ccccc21.[2H]C([2H])([2H])c1cnc(-c2[c-]ccc3c2oc2cc(-c4ccccc4)ccc23)cc1C([2H])(C)C.[Ir]. The van der Waals surface area contributed by atoms with E-state index in [1.807, 2.05) is 54.6 Å². The molecule has 0 aliphatic rings. The molecule has 1 radical (unpaired) electrons. The number of imidazole rings is 1. The fourth-order valence-corrected chi connectivity index (χ4v) is 7.48. The minimum atomic E-state index is -2.35. The molecule has 0 aliphatic heterocycles. The number of rotatable bonds is 7. The average Bonchev–Trinajstić information content (AvgIpc) is 3.82. The smallest absolute Gasteiger partial charge is 0.121 e. The number of nitrogens with zero attached hydrogens (tertiary/aromatic N) is 3. The van der Waals surface area contributed by atoms with Crippen LogP contribution in [0.4, 0.5) is 0 Å². The van der Waals surface area contributed by atoms with Crippen LogP contribution in [0.1, 0.15) is 87.0 Å². The molecule has 0 amide bonds. The van der Waals surface area contributed by atoms with Gasteiger partial charge in [0.2, 0.25) is 0 Å². The van der Waals surface area contributed by atoms with Crippen LogP contribution in [0.25, 0.3) is 72.4 Å². The summed E-state index contributed by atoms with van der Waals surface area (Å²) >= 11 is 0. The fourth-order valence-electron chi connectivity index (χ4n) is 7.48. The average molecular weight is 926 g/mol. The molecule has 9 aromatic rings. The van der Waals surface area contributed by atoms with Crippen LogP contribution >= 0.6 is 0 Å². The summed E-state index contributed by atoms with van der Waals surface area (Å²) in [5.74, 6) is 0.695. The molecular formula is C52H47IrN3O-2. The van der Waals surface area contributed by atoms with E-state index >= 15 is 0 Å². The third kappa shape index (κ3) is 7.75. The zero-order valence-electron chi connectivity index (χ0n) is 37.0. The van der Waals surface area contributed by atoms with Crippen molar-refractivity contribution in [3.8, 4) is 39.5 Å². The van der Waals surface area contributed by atoms with Gasteiger partial charge in [-0.25, -0.2) is 0 Å². The van der Waals surface area contributed by atoms with Gasteiger partial charge < -0.3 is 14.0 Å². The van der Waals surface area contributed by atoms with Gasteiger partial charge in [-0.15, -0.1) is 54.1 Å². The second-order valence-corrected chi connectivity index (χ2v) is 15.0. The fraction of sp³-hybridized carbons (Fsp3) is 0.192. The number of aryl methyl sites for hydroxylation is 1. The molecule has 0 saturated carbocycles. The normalized spacial score (nSPS) is 12.8. The van der Waals surface area contributed by atoms with Crippen LogP contribution in [0.3, 0.4) is 0 Å². The molecule has 0 bridgehead atoms. The number of para-hydroxylation sites is 3. The molecule has 6 aromatic carbocycles. The van der Waals surface area contributed by atoms with Crippen molar-refractivity contribution >= 4 is 33.0 Å². The first-order chi connectivity index (χ1) is 28.7. The molecule has 0 aliphatic carbocycles. The first-order valence-electron chi connectivity index (χ1n) is 21.2. The van der Waals surface area contributed by atoms with Crippen LogP contribution in [0, 0.1) is 19.0 Å². The molecule has 3 heterocycles. The van der Waals surface area contributed by atoms with E-state index in [0.29, 0.717) is 34.2 Å². The quantitative estimate of drug-likeness (QED) is 0.150. The van der Waals surface area contributed by atoms with Crippen LogP contribution in [-0.2, 0) is 20.1 Å². The van der Waals surface area contributed by atoms with E-state index in [-0.39, 0.29) is 25.7 Å². The summed E-state index contributed by atoms with van der Waals surface area (Å²) < 4.78 is 40.7. The molecular weight excluding hydrogens is 875 g/mol. The third-order valence-electron chi connectivity index (χ3n) is 10.3. The van der Waals surface area contributed by atoms with Gasteiger partial charge in [-0.3, -0.25) is 4.98 Å². The summed E-state index contributed by atoms with van der Waals surface area (Å²) in [4.78, 5) is 9.43. The Kier molecular flexibility index (Phi) is 10.2. The second kappa shape index (κ2) is 16.9. The zero-order chi connectivity index (χ0) is 42.3. The second-order valence-electron chi connectivity index (χ2n) is 15.0. The van der Waals surface area contributed by atoms with Crippen molar-refractivity contribution in [1.82, 2.24) is 14.5 Å². The number of fused-ring (bicyclic) bond motifs is 4. The summed E-state index contributed by atoms with van der Waals surface area (Å²) in [6.07, 6.45) is 1.36. The largest absolute Gasteiger partial charge is 0.501 e. The van der Waals surface area contributed by atoms with Gasteiger partial charge in [0.15, 0.2) is 0 Å². The Labute approximate surface area is 355 Å². The number of furan rings is 1. The Morgan fingerprint density at radius 2 is 1.42 bits per heavy atom. The van der Waals surface area contributed by atoms with Gasteiger partial charge in [0.05, 0.1) is 22.4 Å². The maximum absolute atomic E-state index is 8.50. The molecule has 5 heteroatoms. The summed E-state index contributed by atoms with van der Waals surface area (Å²) in [6.45, 7) is 10.1. The zero-order valence-corrected chi connectivity index (χ0v) is 35.4. The maximum atomic E-state index is 8.50. The molecule has 0 fully saturated rings. The standard InChI is InChI=1S/C27H22NO.C25H25N2.Ir/c1-17(2)24-15-25(28-16-18(24)3)23-11-7-10-22-21-13-12-20(14-26(21)29-27(22)23)19-8-5-4-6-9-19;1-17(2)20-13-10-14-21(18(3)4)24(20)27-23-16-9-8-15-22(23)26-25(27)19-11-6-5-7-12-19;/h4-10,12-17H,1-3H3;5-11,13-18H,1-4H3;/q2*-1;/i3D3,17D;;. The van der Waals surface area contributed by atoms with Crippen molar-refractivity contribution < 1.29 is 30.0 Å². The van der Waals surface area contributed by atoms with E-state index in [2.05, 4.69) is 122 Å². The van der Waals surface area contributed by atoms with E-state index in [1.54, 1.807) is 19.9 Å². The number of hydrogen-bond acceptors (Lipinski definition) is 3. The van der Waals surface area contributed by atoms with E-state index in [1.165, 1.54) is 23.0 Å². The Morgan fingerprint density at radius 1 is 0.684 bits per heavy atom. The maximum Gasteiger partial charge on any atom is 0.121 e. The van der Waals surface area contributed by atoms with Gasteiger partial charge in [-0.1, -0.05) is 131 Å². The van der Waals surface area contributed by atoms with Crippen LogP contribution in [0.5, 0.6) is 0 Å². The number of pyridine rings is 1. The van der Waals surface area contributed by atoms with Gasteiger partial charge in [0, 0.05) is 42.9 Å². The molecule has 287 valence electrons. The van der Waals surface area contributed by atoms with Gasteiger partial charge in [0.1, 0.15) is 5.58 Å². The monoisotopic (exact) mass is 926 g/mol. The van der Waals surface area contributed by atoms with Crippen molar-refractivity contribution in [2.75, 3.05) is 0 Å². The van der Waals surface area contributed by atoms with Crippen molar-refractivity contribution in [2.45, 2.75) is 66.1 Å². The first-order valence-corrected chi connectivity index (χ1v) is 19.2. The minimum absolute atomic E-state index is 0. The van der Waals surface area contributed by atoms with Crippen molar-refractivity contribution in [2.24, 2.45) is 0 Å². The van der Waals surface area contributed by atoms with Crippen LogP contribution in [0.15, 0.2) is 144 Å². The molecule has 0 saturated heterocycles. The Morgan fingerprint density at radius 3 is 2.12 bits per heavy atom. The summed E-state index contributed by atoms with van der Waals surface area (Å²) in [5.41, 5.74) is 12.4. The molecule has 4 nitrogen and oxygen atoms in total. The van der Waals surface area contributed by atoms with Gasteiger partial charge in [-0.2, -0.15) is 0 Å². The van der Waals surface area contributed by atoms with E-state index in [4.69, 9.17) is 14.9 Å². The van der Waals surface area contributed by atoms with E-state index in [9.17, 15) is 0 Å². The molecule has 0 atom stereocenters. The summed E-state index contributed by atoms with van der Waals surface area (Å²) in [7, 11) is 0. The van der Waals surface area contributed by atoms with Crippen LogP contribution in [0.2, 0.25) is 0 Å². The number of hydrogen-bond donors (Lipinski definition) is 0. The molecule has 3 aromatic heterocycles. The van der Waals surface area contributed by atoms with Crippen molar-refractivity contribution in [3.63, 3.8) is 0 Å². The van der Waals surface area contributed by atoms with Crippen LogP contribution < -0.4 is 0 Å². The summed E-state index contributed by atoms with van der Waals surface area (Å²) in [5, 5.41) is 1.92. The Bertz CT molecular complexity index is 2940. The van der Waals surface area contributed by atoms with Crippen molar-refractivity contribution in [3.05, 3.63) is 174 Å². The molecule has 0 unspecified atom stereocenters. The van der Waals surface area contributed by atoms with Crippen LogP contribution in [-0.4, -0.2) is 14.5 Å². The number of aromatic nitrogens is 3. The topological polar surface area (TPSA) is 43.9 Å². The van der Waals surface area contributed by atoms with Gasteiger partial charge in [0.25, 0.3) is 0 Å². The predicted molar refractivity (Wildman–Crippen MR) is 234 cm³/mol. The predicted octanol–water partition coefficient (Wildman–Crippen LogP) is 14.3. The summed E-state index contributed by atoms with van der Waals surface area (Å²) in [6, 6.07) is 51.5. The first kappa shape index (κ1) is 34.6.